The number of nitrogens with one attached hydrogen (secondary N) is 1. The molecule has 1 saturated carbocycles. The fourth-order valence-corrected chi connectivity index (χ4v) is 1.72. The largest absolute Gasteiger partial charge is 0.378 e. The lowest BCUT2D eigenvalue weighted by Crippen LogP contribution is -2.18. The molecule has 0 aliphatic heterocycles. The third-order valence-corrected chi connectivity index (χ3v) is 3.31. The van der Waals surface area contributed by atoms with Crippen LogP contribution >= 0.6 is 22.6 Å². The molecule has 1 fully saturated rings. The molecular formula is C9H11IN2O2. The van der Waals surface area contributed by atoms with Crippen molar-refractivity contribution < 1.29 is 4.74 Å². The van der Waals surface area contributed by atoms with Gasteiger partial charge >= 0.3 is 0 Å². The van der Waals surface area contributed by atoms with Gasteiger partial charge in [-0.25, -0.2) is 4.98 Å². The Kier molecular flexibility index (Phi) is 2.87. The highest BCUT2D eigenvalue weighted by Gasteiger charge is 2.27. The molecular weight excluding hydrogens is 295 g/mol. The van der Waals surface area contributed by atoms with Gasteiger partial charge < -0.3 is 9.72 Å². The Hall–Kier alpha value is -0.430. The van der Waals surface area contributed by atoms with Gasteiger partial charge in [-0.15, -0.1) is 0 Å². The van der Waals surface area contributed by atoms with E-state index in [1.807, 2.05) is 22.6 Å². The normalized spacial score (nSPS) is 15.9. The molecule has 14 heavy (non-hydrogen) atoms. The van der Waals surface area contributed by atoms with Crippen LogP contribution in [0.25, 0.3) is 0 Å². The minimum absolute atomic E-state index is 0.0467. The summed E-state index contributed by atoms with van der Waals surface area (Å²) in [5.41, 5.74) is 0.702. The van der Waals surface area contributed by atoms with Gasteiger partial charge in [0.05, 0.1) is 12.3 Å². The molecule has 1 aliphatic carbocycles. The van der Waals surface area contributed by atoms with E-state index in [1.54, 1.807) is 7.11 Å². The summed E-state index contributed by atoms with van der Waals surface area (Å²) in [6.07, 6.45) is 2.27. The van der Waals surface area contributed by atoms with Crippen LogP contribution in [0.5, 0.6) is 0 Å². The number of aromatic amines is 1. The molecule has 0 amide bonds. The van der Waals surface area contributed by atoms with Crippen molar-refractivity contribution in [2.45, 2.75) is 25.4 Å². The summed E-state index contributed by atoms with van der Waals surface area (Å²) in [5, 5.41) is 0. The molecule has 1 aromatic heterocycles. The van der Waals surface area contributed by atoms with Gasteiger partial charge in [0.1, 0.15) is 9.39 Å². The van der Waals surface area contributed by atoms with E-state index in [-0.39, 0.29) is 5.56 Å². The lowest BCUT2D eigenvalue weighted by Gasteiger charge is -2.04. The molecule has 0 spiro atoms. The summed E-state index contributed by atoms with van der Waals surface area (Å²) >= 11 is 2.00. The van der Waals surface area contributed by atoms with Crippen LogP contribution < -0.4 is 5.56 Å². The van der Waals surface area contributed by atoms with E-state index < -0.39 is 0 Å². The Labute approximate surface area is 95.2 Å². The summed E-state index contributed by atoms with van der Waals surface area (Å²) in [6, 6.07) is 0. The van der Waals surface area contributed by atoms with Crippen molar-refractivity contribution in [3.8, 4) is 0 Å². The second-order valence-corrected chi connectivity index (χ2v) is 4.50. The van der Waals surface area contributed by atoms with Gasteiger partial charge in [0.15, 0.2) is 0 Å². The zero-order chi connectivity index (χ0) is 10.1. The number of methoxy groups -OCH3 is 1. The molecule has 0 radical (unpaired) electrons. The second-order valence-electron chi connectivity index (χ2n) is 3.42. The predicted molar refractivity (Wildman–Crippen MR) is 60.3 cm³/mol. The molecule has 1 aliphatic rings. The van der Waals surface area contributed by atoms with Gasteiger partial charge in [-0.3, -0.25) is 4.79 Å². The number of ether oxygens (including phenoxy) is 1. The first-order chi connectivity index (χ1) is 6.72. The average molecular weight is 306 g/mol. The molecule has 0 bridgehead atoms. The van der Waals surface area contributed by atoms with Crippen molar-refractivity contribution in [1.29, 1.82) is 0 Å². The van der Waals surface area contributed by atoms with Crippen LogP contribution in [-0.2, 0) is 11.3 Å². The maximum atomic E-state index is 11.5. The van der Waals surface area contributed by atoms with Crippen molar-refractivity contribution in [2.75, 3.05) is 7.11 Å². The molecule has 1 heterocycles. The van der Waals surface area contributed by atoms with E-state index in [0.717, 1.165) is 24.4 Å². The summed E-state index contributed by atoms with van der Waals surface area (Å²) in [5.74, 6) is 1.29. The lowest BCUT2D eigenvalue weighted by atomic mass is 10.3. The van der Waals surface area contributed by atoms with Crippen molar-refractivity contribution in [3.05, 3.63) is 25.4 Å². The first kappa shape index (κ1) is 10.1. The first-order valence-corrected chi connectivity index (χ1v) is 5.57. The Morgan fingerprint density at radius 2 is 2.36 bits per heavy atom. The highest BCUT2D eigenvalue weighted by Crippen LogP contribution is 2.37. The Bertz CT molecular complexity index is 398. The Balaban J connectivity index is 2.41. The van der Waals surface area contributed by atoms with Crippen LogP contribution in [0.1, 0.15) is 30.3 Å². The number of hydrogen-bond acceptors (Lipinski definition) is 3. The molecule has 0 saturated heterocycles. The van der Waals surface area contributed by atoms with E-state index in [2.05, 4.69) is 9.97 Å². The number of halogens is 1. The summed E-state index contributed by atoms with van der Waals surface area (Å²) in [7, 11) is 1.61. The number of hydrogen-bond donors (Lipinski definition) is 1. The molecule has 0 aromatic carbocycles. The molecule has 0 atom stereocenters. The zero-order valence-electron chi connectivity index (χ0n) is 7.84. The fourth-order valence-electron chi connectivity index (χ4n) is 1.31. The van der Waals surface area contributed by atoms with Gasteiger partial charge in [-0.05, 0) is 35.4 Å². The molecule has 76 valence electrons. The van der Waals surface area contributed by atoms with Gasteiger partial charge in [0, 0.05) is 13.0 Å². The maximum absolute atomic E-state index is 11.5. The van der Waals surface area contributed by atoms with Crippen LogP contribution in [0.15, 0.2) is 4.79 Å². The van der Waals surface area contributed by atoms with E-state index >= 15 is 0 Å². The SMILES string of the molecule is COCc1nc(C2CC2)[nH]c(=O)c1I. The van der Waals surface area contributed by atoms with E-state index in [0.29, 0.717) is 16.1 Å². The van der Waals surface area contributed by atoms with E-state index in [9.17, 15) is 4.79 Å². The number of nitrogens with zero attached hydrogens (tertiary/aromatic N) is 1. The summed E-state index contributed by atoms with van der Waals surface area (Å²) < 4.78 is 5.63. The van der Waals surface area contributed by atoms with Crippen LogP contribution in [-0.4, -0.2) is 17.1 Å². The lowest BCUT2D eigenvalue weighted by molar-refractivity contribution is 0.180. The van der Waals surface area contributed by atoms with Gasteiger partial charge in [-0.2, -0.15) is 0 Å². The van der Waals surface area contributed by atoms with Crippen molar-refractivity contribution in [1.82, 2.24) is 9.97 Å². The third kappa shape index (κ3) is 1.98. The van der Waals surface area contributed by atoms with E-state index in [1.165, 1.54) is 0 Å². The van der Waals surface area contributed by atoms with Gasteiger partial charge in [0.25, 0.3) is 5.56 Å². The predicted octanol–water partition coefficient (Wildman–Crippen LogP) is 1.40. The van der Waals surface area contributed by atoms with Crippen molar-refractivity contribution in [3.63, 3.8) is 0 Å². The van der Waals surface area contributed by atoms with Gasteiger partial charge in [0.2, 0.25) is 0 Å². The standard InChI is InChI=1S/C9H11IN2O2/c1-14-4-6-7(10)9(13)12-8(11-6)5-2-3-5/h5H,2-4H2,1H3,(H,11,12,13). The van der Waals surface area contributed by atoms with Crippen LogP contribution in [0.2, 0.25) is 0 Å². The quantitative estimate of drug-likeness (QED) is 0.859. The number of aromatic nitrogens is 2. The highest BCUT2D eigenvalue weighted by molar-refractivity contribution is 14.1. The average Bonchev–Trinajstić information content (AvgIpc) is 2.96. The molecule has 4 nitrogen and oxygen atoms in total. The molecule has 2 rings (SSSR count). The fraction of sp³-hybridized carbons (Fsp3) is 0.556. The minimum Gasteiger partial charge on any atom is -0.378 e. The maximum Gasteiger partial charge on any atom is 0.264 e. The monoisotopic (exact) mass is 306 g/mol. The number of rotatable bonds is 3. The Morgan fingerprint density at radius 3 is 2.93 bits per heavy atom. The molecule has 1 N–H and O–H groups in total. The summed E-state index contributed by atoms with van der Waals surface area (Å²) in [6.45, 7) is 0.405. The first-order valence-electron chi connectivity index (χ1n) is 4.50. The third-order valence-electron chi connectivity index (χ3n) is 2.19. The second kappa shape index (κ2) is 3.98. The smallest absolute Gasteiger partial charge is 0.264 e. The zero-order valence-corrected chi connectivity index (χ0v) is 10.00. The van der Waals surface area contributed by atoms with Crippen LogP contribution in [0.3, 0.4) is 0 Å². The van der Waals surface area contributed by atoms with Crippen molar-refractivity contribution >= 4 is 22.6 Å². The minimum atomic E-state index is -0.0467. The topological polar surface area (TPSA) is 55.0 Å². The Morgan fingerprint density at radius 1 is 1.64 bits per heavy atom. The van der Waals surface area contributed by atoms with Crippen LogP contribution in [0, 0.1) is 3.57 Å². The van der Waals surface area contributed by atoms with Gasteiger partial charge in [-0.1, -0.05) is 0 Å². The van der Waals surface area contributed by atoms with Crippen LogP contribution in [0.4, 0.5) is 0 Å². The molecule has 1 aromatic rings. The summed E-state index contributed by atoms with van der Waals surface area (Å²) in [4.78, 5) is 18.7. The van der Waals surface area contributed by atoms with Crippen molar-refractivity contribution in [2.24, 2.45) is 0 Å². The molecule has 0 unspecified atom stereocenters. The highest BCUT2D eigenvalue weighted by atomic mass is 127. The molecule has 5 heteroatoms. The van der Waals surface area contributed by atoms with E-state index in [4.69, 9.17) is 4.74 Å². The number of H-pyrrole nitrogens is 1.